The van der Waals surface area contributed by atoms with Gasteiger partial charge in [0.25, 0.3) is 0 Å². The molecule has 0 aliphatic rings. The number of likely N-dealkylation sites (N-methyl/N-ethyl adjacent to an activating group) is 1. The maximum absolute atomic E-state index is 6.21. The lowest BCUT2D eigenvalue weighted by molar-refractivity contribution is 0.120. The summed E-state index contributed by atoms with van der Waals surface area (Å²) in [5.41, 5.74) is 7.26. The molecular formula is C14H24N2O2. The standard InChI is InChI=1S/C14H24N2O2/c1-4-18-10-9-16(2)11-13(15)12-7-5-6-8-14(12)17-3/h5-8,13H,4,9-11,15H2,1-3H3. The average Bonchev–Trinajstić information content (AvgIpc) is 2.39. The largest absolute Gasteiger partial charge is 0.496 e. The van der Waals surface area contributed by atoms with Gasteiger partial charge in [-0.05, 0) is 20.0 Å². The fourth-order valence-electron chi connectivity index (χ4n) is 1.86. The molecule has 4 heteroatoms. The lowest BCUT2D eigenvalue weighted by atomic mass is 10.1. The first-order valence-corrected chi connectivity index (χ1v) is 6.33. The molecule has 0 aliphatic carbocycles. The van der Waals surface area contributed by atoms with Gasteiger partial charge in [-0.15, -0.1) is 0 Å². The van der Waals surface area contributed by atoms with Crippen molar-refractivity contribution in [3.8, 4) is 5.75 Å². The van der Waals surface area contributed by atoms with Crippen molar-refractivity contribution < 1.29 is 9.47 Å². The van der Waals surface area contributed by atoms with Gasteiger partial charge in [0, 0.05) is 31.3 Å². The number of hydrogen-bond acceptors (Lipinski definition) is 4. The molecule has 1 unspecified atom stereocenters. The molecule has 4 nitrogen and oxygen atoms in total. The molecule has 0 fully saturated rings. The number of benzene rings is 1. The Hall–Kier alpha value is -1.10. The zero-order chi connectivity index (χ0) is 13.4. The van der Waals surface area contributed by atoms with E-state index in [9.17, 15) is 0 Å². The molecule has 18 heavy (non-hydrogen) atoms. The Morgan fingerprint density at radius 1 is 1.33 bits per heavy atom. The van der Waals surface area contributed by atoms with Crippen LogP contribution in [0.5, 0.6) is 5.75 Å². The number of nitrogens with two attached hydrogens (primary N) is 1. The Labute approximate surface area is 110 Å². The number of hydrogen-bond donors (Lipinski definition) is 1. The summed E-state index contributed by atoms with van der Waals surface area (Å²) in [6.07, 6.45) is 0. The van der Waals surface area contributed by atoms with Gasteiger partial charge in [-0.25, -0.2) is 0 Å². The molecule has 0 bridgehead atoms. The third-order valence-corrected chi connectivity index (χ3v) is 2.87. The molecule has 0 amide bonds. The van der Waals surface area contributed by atoms with Crippen molar-refractivity contribution in [1.82, 2.24) is 4.90 Å². The molecule has 0 radical (unpaired) electrons. The third kappa shape index (κ3) is 4.64. The van der Waals surface area contributed by atoms with Crippen LogP contribution in [0.15, 0.2) is 24.3 Å². The summed E-state index contributed by atoms with van der Waals surface area (Å²) in [6, 6.07) is 7.84. The van der Waals surface area contributed by atoms with Gasteiger partial charge in [-0.3, -0.25) is 0 Å². The van der Waals surface area contributed by atoms with Crippen molar-refractivity contribution in [2.45, 2.75) is 13.0 Å². The van der Waals surface area contributed by atoms with E-state index in [4.69, 9.17) is 15.2 Å². The fourth-order valence-corrected chi connectivity index (χ4v) is 1.86. The number of para-hydroxylation sites is 1. The van der Waals surface area contributed by atoms with Crippen molar-refractivity contribution in [2.75, 3.05) is 40.5 Å². The van der Waals surface area contributed by atoms with Gasteiger partial charge in [0.15, 0.2) is 0 Å². The molecule has 0 heterocycles. The van der Waals surface area contributed by atoms with Gasteiger partial charge in [0.05, 0.1) is 13.7 Å². The second kappa shape index (κ2) is 8.08. The van der Waals surface area contributed by atoms with Gasteiger partial charge in [0.1, 0.15) is 5.75 Å². The van der Waals surface area contributed by atoms with Crippen LogP contribution in [0.1, 0.15) is 18.5 Å². The van der Waals surface area contributed by atoms with Gasteiger partial charge < -0.3 is 20.1 Å². The summed E-state index contributed by atoms with van der Waals surface area (Å²) >= 11 is 0. The summed E-state index contributed by atoms with van der Waals surface area (Å²) in [5, 5.41) is 0. The predicted molar refractivity (Wildman–Crippen MR) is 73.9 cm³/mol. The molecule has 1 aromatic rings. The van der Waals surface area contributed by atoms with Crippen LogP contribution in [0.25, 0.3) is 0 Å². The third-order valence-electron chi connectivity index (χ3n) is 2.87. The average molecular weight is 252 g/mol. The van der Waals surface area contributed by atoms with Crippen molar-refractivity contribution >= 4 is 0 Å². The van der Waals surface area contributed by atoms with Crippen LogP contribution in [0.3, 0.4) is 0 Å². The van der Waals surface area contributed by atoms with E-state index in [2.05, 4.69) is 4.90 Å². The van der Waals surface area contributed by atoms with Crippen LogP contribution in [-0.4, -0.2) is 45.4 Å². The van der Waals surface area contributed by atoms with Crippen LogP contribution in [0, 0.1) is 0 Å². The SMILES string of the molecule is CCOCCN(C)CC(N)c1ccccc1OC. The van der Waals surface area contributed by atoms with Crippen LogP contribution in [0.4, 0.5) is 0 Å². The first kappa shape index (κ1) is 15.0. The second-order valence-corrected chi connectivity index (χ2v) is 4.31. The normalized spacial score (nSPS) is 12.7. The van der Waals surface area contributed by atoms with Gasteiger partial charge in [0.2, 0.25) is 0 Å². The minimum atomic E-state index is -0.0484. The van der Waals surface area contributed by atoms with E-state index in [1.165, 1.54) is 0 Å². The minimum absolute atomic E-state index is 0.0484. The molecule has 0 aliphatic heterocycles. The Kier molecular flexibility index (Phi) is 6.72. The first-order valence-electron chi connectivity index (χ1n) is 6.33. The van der Waals surface area contributed by atoms with Crippen LogP contribution in [-0.2, 0) is 4.74 Å². The zero-order valence-corrected chi connectivity index (χ0v) is 11.6. The molecule has 102 valence electrons. The molecule has 1 aromatic carbocycles. The highest BCUT2D eigenvalue weighted by Gasteiger charge is 2.13. The Balaban J connectivity index is 2.51. The lowest BCUT2D eigenvalue weighted by Gasteiger charge is -2.22. The maximum atomic E-state index is 6.21. The number of rotatable bonds is 8. The molecule has 1 rings (SSSR count). The van der Waals surface area contributed by atoms with Crippen molar-refractivity contribution in [3.63, 3.8) is 0 Å². The van der Waals surface area contributed by atoms with E-state index in [1.54, 1.807) is 7.11 Å². The van der Waals surface area contributed by atoms with Crippen LogP contribution >= 0.6 is 0 Å². The van der Waals surface area contributed by atoms with E-state index in [-0.39, 0.29) is 6.04 Å². The summed E-state index contributed by atoms with van der Waals surface area (Å²) in [5.74, 6) is 0.850. The van der Waals surface area contributed by atoms with Gasteiger partial charge >= 0.3 is 0 Å². The topological polar surface area (TPSA) is 47.7 Å². The Bertz CT molecular complexity index is 344. The first-order chi connectivity index (χ1) is 8.69. The smallest absolute Gasteiger partial charge is 0.123 e. The second-order valence-electron chi connectivity index (χ2n) is 4.31. The molecule has 0 aromatic heterocycles. The van der Waals surface area contributed by atoms with Crippen LogP contribution in [0.2, 0.25) is 0 Å². The van der Waals surface area contributed by atoms with E-state index in [0.717, 1.165) is 37.6 Å². The van der Waals surface area contributed by atoms with Crippen LogP contribution < -0.4 is 10.5 Å². The number of methoxy groups -OCH3 is 1. The van der Waals surface area contributed by atoms with E-state index in [0.29, 0.717) is 0 Å². The van der Waals surface area contributed by atoms with Gasteiger partial charge in [-0.2, -0.15) is 0 Å². The summed E-state index contributed by atoms with van der Waals surface area (Å²) in [7, 11) is 3.72. The molecule has 2 N–H and O–H groups in total. The molecule has 0 spiro atoms. The predicted octanol–water partition coefficient (Wildman–Crippen LogP) is 1.66. The number of ether oxygens (including phenoxy) is 2. The Morgan fingerprint density at radius 2 is 2.06 bits per heavy atom. The highest BCUT2D eigenvalue weighted by Crippen LogP contribution is 2.23. The zero-order valence-electron chi connectivity index (χ0n) is 11.6. The minimum Gasteiger partial charge on any atom is -0.496 e. The van der Waals surface area contributed by atoms with E-state index in [1.807, 2.05) is 38.2 Å². The highest BCUT2D eigenvalue weighted by atomic mass is 16.5. The lowest BCUT2D eigenvalue weighted by Crippen LogP contribution is -2.31. The summed E-state index contributed by atoms with van der Waals surface area (Å²) in [4.78, 5) is 2.17. The van der Waals surface area contributed by atoms with E-state index >= 15 is 0 Å². The molecule has 1 atom stereocenters. The van der Waals surface area contributed by atoms with E-state index < -0.39 is 0 Å². The molecule has 0 saturated heterocycles. The van der Waals surface area contributed by atoms with Crippen molar-refractivity contribution in [3.05, 3.63) is 29.8 Å². The fraction of sp³-hybridized carbons (Fsp3) is 0.571. The summed E-state index contributed by atoms with van der Waals surface area (Å²) in [6.45, 7) is 5.17. The van der Waals surface area contributed by atoms with Gasteiger partial charge in [-0.1, -0.05) is 18.2 Å². The van der Waals surface area contributed by atoms with Crippen molar-refractivity contribution in [2.24, 2.45) is 5.73 Å². The summed E-state index contributed by atoms with van der Waals surface area (Å²) < 4.78 is 10.7. The number of nitrogens with zero attached hydrogens (tertiary/aromatic N) is 1. The molecular weight excluding hydrogens is 228 g/mol. The monoisotopic (exact) mass is 252 g/mol. The Morgan fingerprint density at radius 3 is 2.72 bits per heavy atom. The quantitative estimate of drug-likeness (QED) is 0.715. The molecule has 0 saturated carbocycles. The highest BCUT2D eigenvalue weighted by molar-refractivity contribution is 5.35. The van der Waals surface area contributed by atoms with Crippen molar-refractivity contribution in [1.29, 1.82) is 0 Å². The maximum Gasteiger partial charge on any atom is 0.123 e.